The Labute approximate surface area is 148 Å². The molecular weight excluding hydrogens is 330 g/mol. The Morgan fingerprint density at radius 1 is 1.22 bits per heavy atom. The molecule has 1 aliphatic carbocycles. The fourth-order valence-corrected chi connectivity index (χ4v) is 3.58. The zero-order valence-corrected chi connectivity index (χ0v) is 15.3. The molecule has 0 spiro atoms. The van der Waals surface area contributed by atoms with Crippen LogP contribution < -0.4 is 5.73 Å². The van der Waals surface area contributed by atoms with Crippen molar-refractivity contribution in [3.8, 4) is 0 Å². The van der Waals surface area contributed by atoms with E-state index in [2.05, 4.69) is 48.3 Å². The number of aromatic nitrogens is 2. The van der Waals surface area contributed by atoms with E-state index in [0.717, 1.165) is 25.7 Å². The normalized spacial score (nSPS) is 16.5. The van der Waals surface area contributed by atoms with Crippen molar-refractivity contribution >= 4 is 24.2 Å². The highest BCUT2D eigenvalue weighted by molar-refractivity contribution is 7.98. The fraction of sp³-hybridized carbons (Fsp3) is 0.529. The standard InChI is InChI=1S/C17H23N3OS.ClH/c1-12(2)13-5-7-14(8-6-13)22-11-15-19-16(20-21-15)17(18)9-3-4-10-17;/h5-8,12H,3-4,9-11,18H2,1-2H3;1H. The van der Waals surface area contributed by atoms with Gasteiger partial charge in [0.2, 0.25) is 5.89 Å². The molecule has 0 amide bonds. The van der Waals surface area contributed by atoms with E-state index in [1.807, 2.05) is 0 Å². The minimum absolute atomic E-state index is 0. The number of halogens is 1. The predicted octanol–water partition coefficient (Wildman–Crippen LogP) is 4.64. The van der Waals surface area contributed by atoms with Crippen LogP contribution in [0.15, 0.2) is 33.7 Å². The van der Waals surface area contributed by atoms with E-state index in [9.17, 15) is 0 Å². The number of nitrogens with zero attached hydrogens (tertiary/aromatic N) is 2. The van der Waals surface area contributed by atoms with Crippen LogP contribution in [-0.2, 0) is 11.3 Å². The summed E-state index contributed by atoms with van der Waals surface area (Å²) in [6.45, 7) is 4.40. The molecule has 6 heteroatoms. The molecule has 1 aromatic heterocycles. The van der Waals surface area contributed by atoms with Crippen LogP contribution in [0.3, 0.4) is 0 Å². The molecule has 1 aliphatic rings. The van der Waals surface area contributed by atoms with E-state index in [-0.39, 0.29) is 17.9 Å². The van der Waals surface area contributed by atoms with E-state index in [0.29, 0.717) is 23.4 Å². The van der Waals surface area contributed by atoms with Crippen molar-refractivity contribution in [1.29, 1.82) is 0 Å². The lowest BCUT2D eigenvalue weighted by atomic mass is 9.99. The molecule has 23 heavy (non-hydrogen) atoms. The van der Waals surface area contributed by atoms with Crippen molar-refractivity contribution < 1.29 is 4.52 Å². The summed E-state index contributed by atoms with van der Waals surface area (Å²) >= 11 is 1.71. The van der Waals surface area contributed by atoms with E-state index < -0.39 is 0 Å². The maximum atomic E-state index is 6.35. The molecule has 3 rings (SSSR count). The number of thioether (sulfide) groups is 1. The second-order valence-corrected chi connectivity index (χ2v) is 7.44. The first kappa shape index (κ1) is 18.3. The quantitative estimate of drug-likeness (QED) is 0.793. The molecule has 2 N–H and O–H groups in total. The molecule has 0 aliphatic heterocycles. The van der Waals surface area contributed by atoms with Crippen molar-refractivity contribution in [3.05, 3.63) is 41.5 Å². The van der Waals surface area contributed by atoms with Crippen LogP contribution >= 0.6 is 24.2 Å². The van der Waals surface area contributed by atoms with E-state index in [1.165, 1.54) is 10.5 Å². The van der Waals surface area contributed by atoms with E-state index in [1.54, 1.807) is 11.8 Å². The van der Waals surface area contributed by atoms with Gasteiger partial charge in [-0.25, -0.2) is 0 Å². The van der Waals surface area contributed by atoms with Gasteiger partial charge in [-0.1, -0.05) is 44.0 Å². The van der Waals surface area contributed by atoms with E-state index >= 15 is 0 Å². The van der Waals surface area contributed by atoms with Gasteiger partial charge in [-0.2, -0.15) is 4.98 Å². The summed E-state index contributed by atoms with van der Waals surface area (Å²) in [5.41, 5.74) is 7.34. The Bertz CT molecular complexity index is 621. The molecule has 1 fully saturated rings. The number of hydrogen-bond acceptors (Lipinski definition) is 5. The van der Waals surface area contributed by atoms with Crippen molar-refractivity contribution in [2.24, 2.45) is 5.73 Å². The van der Waals surface area contributed by atoms with Crippen molar-refractivity contribution in [1.82, 2.24) is 10.1 Å². The van der Waals surface area contributed by atoms with Gasteiger partial charge in [0.25, 0.3) is 0 Å². The number of benzene rings is 1. The Morgan fingerprint density at radius 3 is 2.48 bits per heavy atom. The SMILES string of the molecule is CC(C)c1ccc(SCc2nc(C3(N)CCCC3)no2)cc1.Cl. The van der Waals surface area contributed by atoms with Crippen LogP contribution in [0.5, 0.6) is 0 Å². The lowest BCUT2D eigenvalue weighted by Gasteiger charge is -2.17. The monoisotopic (exact) mass is 353 g/mol. The van der Waals surface area contributed by atoms with Crippen molar-refractivity contribution in [3.63, 3.8) is 0 Å². The van der Waals surface area contributed by atoms with Crippen LogP contribution in [0, 0.1) is 0 Å². The third-order valence-electron chi connectivity index (χ3n) is 4.32. The highest BCUT2D eigenvalue weighted by Gasteiger charge is 2.35. The molecule has 1 aromatic carbocycles. The second-order valence-electron chi connectivity index (χ2n) is 6.39. The van der Waals surface area contributed by atoms with Gasteiger partial charge in [0.1, 0.15) is 0 Å². The average molecular weight is 354 g/mol. The average Bonchev–Trinajstić information content (AvgIpc) is 3.15. The zero-order valence-electron chi connectivity index (χ0n) is 13.6. The fourth-order valence-electron chi connectivity index (χ4n) is 2.84. The van der Waals surface area contributed by atoms with Crippen molar-refractivity contribution in [2.75, 3.05) is 0 Å². The minimum atomic E-state index is -0.370. The van der Waals surface area contributed by atoms with Gasteiger partial charge >= 0.3 is 0 Å². The van der Waals surface area contributed by atoms with Crippen LogP contribution in [0.25, 0.3) is 0 Å². The Kier molecular flexibility index (Phi) is 6.12. The number of hydrogen-bond donors (Lipinski definition) is 1. The molecule has 126 valence electrons. The Balaban J connectivity index is 0.00000192. The molecule has 0 bridgehead atoms. The molecule has 0 saturated heterocycles. The summed E-state index contributed by atoms with van der Waals surface area (Å²) in [7, 11) is 0. The molecule has 0 atom stereocenters. The molecule has 2 aromatic rings. The summed E-state index contributed by atoms with van der Waals surface area (Å²) in [4.78, 5) is 5.72. The van der Waals surface area contributed by atoms with Gasteiger partial charge in [-0.3, -0.25) is 0 Å². The maximum absolute atomic E-state index is 6.35. The number of rotatable bonds is 5. The molecular formula is C17H24ClN3OS. The van der Waals surface area contributed by atoms with Gasteiger partial charge in [0, 0.05) is 4.90 Å². The lowest BCUT2D eigenvalue weighted by Crippen LogP contribution is -2.34. The summed E-state index contributed by atoms with van der Waals surface area (Å²) < 4.78 is 5.36. The Morgan fingerprint density at radius 2 is 1.87 bits per heavy atom. The third kappa shape index (κ3) is 4.28. The van der Waals surface area contributed by atoms with Crippen LogP contribution in [0.1, 0.15) is 62.7 Å². The highest BCUT2D eigenvalue weighted by Crippen LogP contribution is 2.35. The molecule has 0 radical (unpaired) electrons. The summed E-state index contributed by atoms with van der Waals surface area (Å²) in [6, 6.07) is 8.66. The first-order chi connectivity index (χ1) is 10.6. The van der Waals surface area contributed by atoms with Crippen LogP contribution in [0.2, 0.25) is 0 Å². The van der Waals surface area contributed by atoms with Gasteiger partial charge in [0.05, 0.1) is 11.3 Å². The number of nitrogens with two attached hydrogens (primary N) is 1. The summed E-state index contributed by atoms with van der Waals surface area (Å²) in [5.74, 6) is 2.58. The molecule has 1 heterocycles. The molecule has 1 saturated carbocycles. The summed E-state index contributed by atoms with van der Waals surface area (Å²) in [5, 5.41) is 4.10. The van der Waals surface area contributed by atoms with Gasteiger partial charge in [-0.15, -0.1) is 24.2 Å². The smallest absolute Gasteiger partial charge is 0.237 e. The topological polar surface area (TPSA) is 64.9 Å². The van der Waals surface area contributed by atoms with Crippen LogP contribution in [-0.4, -0.2) is 10.1 Å². The second kappa shape index (κ2) is 7.69. The Hall–Kier alpha value is -1.04. The van der Waals surface area contributed by atoms with Gasteiger partial charge < -0.3 is 10.3 Å². The lowest BCUT2D eigenvalue weighted by molar-refractivity contribution is 0.355. The zero-order chi connectivity index (χ0) is 15.6. The molecule has 4 nitrogen and oxygen atoms in total. The summed E-state index contributed by atoms with van der Waals surface area (Å²) in [6.07, 6.45) is 4.21. The van der Waals surface area contributed by atoms with E-state index in [4.69, 9.17) is 10.3 Å². The van der Waals surface area contributed by atoms with Crippen molar-refractivity contribution in [2.45, 2.75) is 61.6 Å². The third-order valence-corrected chi connectivity index (χ3v) is 5.32. The van der Waals surface area contributed by atoms with Gasteiger partial charge in [-0.05, 0) is 36.5 Å². The first-order valence-electron chi connectivity index (χ1n) is 7.91. The predicted molar refractivity (Wildman–Crippen MR) is 96.0 cm³/mol. The minimum Gasteiger partial charge on any atom is -0.338 e. The first-order valence-corrected chi connectivity index (χ1v) is 8.90. The van der Waals surface area contributed by atoms with Gasteiger partial charge in [0.15, 0.2) is 5.82 Å². The largest absolute Gasteiger partial charge is 0.338 e. The molecule has 0 unspecified atom stereocenters. The van der Waals surface area contributed by atoms with Crippen LogP contribution in [0.4, 0.5) is 0 Å². The highest BCUT2D eigenvalue weighted by atomic mass is 35.5. The maximum Gasteiger partial charge on any atom is 0.237 e.